The molecule has 0 fully saturated rings. The zero-order valence-corrected chi connectivity index (χ0v) is 16.7. The van der Waals surface area contributed by atoms with Gasteiger partial charge in [0.1, 0.15) is 0 Å². The number of rotatable bonds is 14. The van der Waals surface area contributed by atoms with Crippen molar-refractivity contribution in [2.45, 2.75) is 54.4 Å². The lowest BCUT2D eigenvalue weighted by Gasteiger charge is -2.08. The Balaban J connectivity index is -0.00000102. The zero-order chi connectivity index (χ0) is 19.1. The van der Waals surface area contributed by atoms with Crippen molar-refractivity contribution in [2.24, 2.45) is 5.92 Å². The van der Waals surface area contributed by atoms with Crippen LogP contribution in [0.2, 0.25) is 0 Å². The first-order valence-electron chi connectivity index (χ1n) is 9.27. The van der Waals surface area contributed by atoms with Crippen molar-refractivity contribution >= 4 is 5.91 Å². The fraction of sp³-hybridized carbons (Fsp3) is 0.944. The lowest BCUT2D eigenvalue weighted by molar-refractivity contribution is -0.121. The summed E-state index contributed by atoms with van der Waals surface area (Å²) >= 11 is 0. The second-order valence-corrected chi connectivity index (χ2v) is 4.84. The Morgan fingerprint density at radius 3 is 1.79 bits per heavy atom. The van der Waals surface area contributed by atoms with Gasteiger partial charge in [-0.1, -0.05) is 41.5 Å². The Morgan fingerprint density at radius 2 is 1.33 bits per heavy atom. The van der Waals surface area contributed by atoms with Crippen molar-refractivity contribution in [3.05, 3.63) is 0 Å². The first-order valence-corrected chi connectivity index (χ1v) is 9.27. The lowest BCUT2D eigenvalue weighted by Crippen LogP contribution is -2.27. The number of aliphatic hydroxyl groups excluding tert-OH is 1. The third-order valence-electron chi connectivity index (χ3n) is 2.50. The predicted octanol–water partition coefficient (Wildman–Crippen LogP) is 2.63. The summed E-state index contributed by atoms with van der Waals surface area (Å²) in [6.45, 7) is 15.6. The Bertz CT molecular complexity index is 225. The van der Waals surface area contributed by atoms with E-state index in [9.17, 15) is 4.79 Å². The molecule has 148 valence electrons. The average molecular weight is 352 g/mol. The van der Waals surface area contributed by atoms with Crippen LogP contribution in [0.5, 0.6) is 0 Å². The Morgan fingerprint density at radius 1 is 0.875 bits per heavy atom. The van der Waals surface area contributed by atoms with E-state index in [0.29, 0.717) is 58.5 Å². The van der Waals surface area contributed by atoms with Gasteiger partial charge in [0.2, 0.25) is 5.91 Å². The van der Waals surface area contributed by atoms with Crippen molar-refractivity contribution in [2.75, 3.05) is 52.8 Å². The van der Waals surface area contributed by atoms with Gasteiger partial charge in [-0.3, -0.25) is 4.79 Å². The second-order valence-electron chi connectivity index (χ2n) is 4.84. The highest BCUT2D eigenvalue weighted by Gasteiger charge is 2.02. The van der Waals surface area contributed by atoms with Crippen molar-refractivity contribution in [1.82, 2.24) is 5.32 Å². The summed E-state index contributed by atoms with van der Waals surface area (Å²) in [5.41, 5.74) is 0. The SMILES string of the molecule is CC.CC.CC(C)CCC(=O)NCCOCCOCCOCCO. The molecule has 0 saturated carbocycles. The molecule has 0 rings (SSSR count). The minimum Gasteiger partial charge on any atom is -0.394 e. The normalized spacial score (nSPS) is 9.67. The van der Waals surface area contributed by atoms with Gasteiger partial charge >= 0.3 is 0 Å². The molecule has 0 aliphatic rings. The van der Waals surface area contributed by atoms with Crippen LogP contribution in [0.1, 0.15) is 54.4 Å². The summed E-state index contributed by atoms with van der Waals surface area (Å²) < 4.78 is 15.6. The maximum Gasteiger partial charge on any atom is 0.220 e. The molecule has 0 bridgehead atoms. The zero-order valence-electron chi connectivity index (χ0n) is 16.7. The van der Waals surface area contributed by atoms with Gasteiger partial charge in [0.05, 0.1) is 46.2 Å². The van der Waals surface area contributed by atoms with E-state index in [1.54, 1.807) is 0 Å². The molecule has 6 heteroatoms. The lowest BCUT2D eigenvalue weighted by atomic mass is 10.1. The first-order chi connectivity index (χ1) is 11.7. The van der Waals surface area contributed by atoms with Gasteiger partial charge in [0.25, 0.3) is 0 Å². The van der Waals surface area contributed by atoms with Gasteiger partial charge < -0.3 is 24.6 Å². The number of carbonyl (C=O) groups is 1. The summed E-state index contributed by atoms with van der Waals surface area (Å²) in [7, 11) is 0. The van der Waals surface area contributed by atoms with Crippen LogP contribution in [0.15, 0.2) is 0 Å². The quantitative estimate of drug-likeness (QED) is 0.471. The number of amides is 1. The summed E-state index contributed by atoms with van der Waals surface area (Å²) in [6.07, 6.45) is 1.49. The van der Waals surface area contributed by atoms with Crippen LogP contribution in [0.3, 0.4) is 0 Å². The highest BCUT2D eigenvalue weighted by molar-refractivity contribution is 5.75. The van der Waals surface area contributed by atoms with Gasteiger partial charge in [0.15, 0.2) is 0 Å². The van der Waals surface area contributed by atoms with Crippen LogP contribution < -0.4 is 5.32 Å². The molecule has 2 N–H and O–H groups in total. The molecule has 0 aliphatic carbocycles. The summed E-state index contributed by atoms with van der Waals surface area (Å²) in [5.74, 6) is 0.634. The van der Waals surface area contributed by atoms with Crippen molar-refractivity contribution in [3.8, 4) is 0 Å². The molecule has 0 atom stereocenters. The fourth-order valence-corrected chi connectivity index (χ4v) is 1.38. The molecule has 0 radical (unpaired) electrons. The number of hydrogen-bond donors (Lipinski definition) is 2. The van der Waals surface area contributed by atoms with E-state index >= 15 is 0 Å². The van der Waals surface area contributed by atoms with Crippen LogP contribution in [-0.2, 0) is 19.0 Å². The van der Waals surface area contributed by atoms with Crippen LogP contribution in [0.4, 0.5) is 0 Å². The van der Waals surface area contributed by atoms with Gasteiger partial charge in [-0.15, -0.1) is 0 Å². The Labute approximate surface area is 149 Å². The van der Waals surface area contributed by atoms with E-state index in [4.69, 9.17) is 19.3 Å². The third kappa shape index (κ3) is 29.3. The minimum atomic E-state index is 0.0337. The molecular weight excluding hydrogens is 310 g/mol. The molecule has 24 heavy (non-hydrogen) atoms. The van der Waals surface area contributed by atoms with Crippen LogP contribution in [0, 0.1) is 5.92 Å². The van der Waals surface area contributed by atoms with Gasteiger partial charge in [0, 0.05) is 13.0 Å². The van der Waals surface area contributed by atoms with Gasteiger partial charge in [-0.05, 0) is 12.3 Å². The van der Waals surface area contributed by atoms with Crippen LogP contribution >= 0.6 is 0 Å². The molecule has 0 aromatic carbocycles. The third-order valence-corrected chi connectivity index (χ3v) is 2.50. The van der Waals surface area contributed by atoms with Gasteiger partial charge in [-0.2, -0.15) is 0 Å². The molecule has 0 heterocycles. The highest BCUT2D eigenvalue weighted by Crippen LogP contribution is 2.02. The van der Waals surface area contributed by atoms with Crippen LogP contribution in [-0.4, -0.2) is 63.8 Å². The number of nitrogens with one attached hydrogen (secondary N) is 1. The molecule has 6 nitrogen and oxygen atoms in total. The van der Waals surface area contributed by atoms with E-state index < -0.39 is 0 Å². The maximum absolute atomic E-state index is 11.4. The molecule has 0 aromatic heterocycles. The molecule has 0 spiro atoms. The van der Waals surface area contributed by atoms with E-state index in [2.05, 4.69) is 19.2 Å². The largest absolute Gasteiger partial charge is 0.394 e. The second kappa shape index (κ2) is 27.2. The van der Waals surface area contributed by atoms with Crippen molar-refractivity contribution in [1.29, 1.82) is 0 Å². The Hall–Kier alpha value is -0.690. The first kappa shape index (κ1) is 28.1. The topological polar surface area (TPSA) is 77.0 Å². The van der Waals surface area contributed by atoms with E-state index in [0.717, 1.165) is 6.42 Å². The summed E-state index contributed by atoms with van der Waals surface area (Å²) in [5, 5.41) is 11.3. The standard InChI is InChI=1S/C14H29NO5.2C2H6/c1-13(2)3-4-14(17)15-5-7-18-9-11-20-12-10-19-8-6-16;2*1-2/h13,16H,3-12H2,1-2H3,(H,15,17);2*1-2H3. The summed E-state index contributed by atoms with van der Waals surface area (Å²) in [6, 6.07) is 0. The maximum atomic E-state index is 11.4. The molecule has 1 amide bonds. The minimum absolute atomic E-state index is 0.0337. The molecular formula is C18H41NO5. The van der Waals surface area contributed by atoms with E-state index in [-0.39, 0.29) is 12.5 Å². The van der Waals surface area contributed by atoms with E-state index in [1.165, 1.54) is 0 Å². The van der Waals surface area contributed by atoms with Crippen LogP contribution in [0.25, 0.3) is 0 Å². The smallest absolute Gasteiger partial charge is 0.220 e. The van der Waals surface area contributed by atoms with E-state index in [1.807, 2.05) is 27.7 Å². The molecule has 0 saturated heterocycles. The number of aliphatic hydroxyl groups is 1. The Kier molecular flexibility index (Phi) is 31.8. The predicted molar refractivity (Wildman–Crippen MR) is 99.3 cm³/mol. The number of carbonyl (C=O) groups excluding carboxylic acids is 1. The molecule has 0 aromatic rings. The number of hydrogen-bond acceptors (Lipinski definition) is 5. The van der Waals surface area contributed by atoms with Crippen molar-refractivity contribution in [3.63, 3.8) is 0 Å². The van der Waals surface area contributed by atoms with Gasteiger partial charge in [-0.25, -0.2) is 0 Å². The van der Waals surface area contributed by atoms with Crippen molar-refractivity contribution < 1.29 is 24.1 Å². The fourth-order valence-electron chi connectivity index (χ4n) is 1.38. The molecule has 0 aliphatic heterocycles. The average Bonchev–Trinajstić information content (AvgIpc) is 2.61. The monoisotopic (exact) mass is 351 g/mol. The highest BCUT2D eigenvalue weighted by atomic mass is 16.5. The summed E-state index contributed by atoms with van der Waals surface area (Å²) in [4.78, 5) is 11.4. The number of ether oxygens (including phenoxy) is 3. The molecule has 0 unspecified atom stereocenters.